The molecule has 0 amide bonds. The zero-order valence-electron chi connectivity index (χ0n) is 9.45. The number of aromatic amines is 1. The Morgan fingerprint density at radius 1 is 1.35 bits per heavy atom. The normalized spacial score (nSPS) is 11.9. The first-order valence-electron chi connectivity index (χ1n) is 5.06. The highest BCUT2D eigenvalue weighted by molar-refractivity contribution is 7.92. The van der Waals surface area contributed by atoms with E-state index in [1.165, 1.54) is 12.3 Å². The molecule has 0 bridgehead atoms. The van der Waals surface area contributed by atoms with Crippen LogP contribution in [0.25, 0.3) is 0 Å². The average molecular weight is 255 g/mol. The zero-order chi connectivity index (χ0) is 12.5. The van der Waals surface area contributed by atoms with Gasteiger partial charge in [-0.2, -0.15) is 18.6 Å². The van der Waals surface area contributed by atoms with Gasteiger partial charge in [-0.3, -0.25) is 9.82 Å². The predicted octanol–water partition coefficient (Wildman–Crippen LogP) is 0.988. The van der Waals surface area contributed by atoms with Gasteiger partial charge in [-0.05, 0) is 19.9 Å². The fourth-order valence-corrected chi connectivity index (χ4v) is 2.35. The third-order valence-electron chi connectivity index (χ3n) is 2.16. The van der Waals surface area contributed by atoms with Gasteiger partial charge in [0.15, 0.2) is 5.03 Å². The number of aromatic nitrogens is 4. The molecule has 2 heterocycles. The zero-order valence-corrected chi connectivity index (χ0v) is 10.3. The molecule has 0 spiro atoms. The van der Waals surface area contributed by atoms with Crippen LogP contribution in [-0.4, -0.2) is 28.4 Å². The fraction of sp³-hybridized carbons (Fsp3) is 0.333. The van der Waals surface area contributed by atoms with Crippen LogP contribution in [0.2, 0.25) is 0 Å². The summed E-state index contributed by atoms with van der Waals surface area (Å²) in [6.45, 7) is 3.84. The topological polar surface area (TPSA) is 92.7 Å². The quantitative estimate of drug-likeness (QED) is 0.852. The molecule has 8 heteroatoms. The molecule has 0 aromatic carbocycles. The SMILES string of the molecule is CC(C)n1nccc1NS(=O)(=O)c1ccn[nH]1. The lowest BCUT2D eigenvalue weighted by Gasteiger charge is -2.11. The Morgan fingerprint density at radius 3 is 2.71 bits per heavy atom. The summed E-state index contributed by atoms with van der Waals surface area (Å²) in [6, 6.07) is 3.07. The largest absolute Gasteiger partial charge is 0.279 e. The van der Waals surface area contributed by atoms with Crippen molar-refractivity contribution in [2.45, 2.75) is 24.9 Å². The molecular formula is C9H13N5O2S. The molecule has 0 aliphatic heterocycles. The van der Waals surface area contributed by atoms with Gasteiger partial charge in [0.1, 0.15) is 5.82 Å². The first kappa shape index (κ1) is 11.6. The van der Waals surface area contributed by atoms with Crippen molar-refractivity contribution in [1.82, 2.24) is 20.0 Å². The molecule has 0 radical (unpaired) electrons. The van der Waals surface area contributed by atoms with E-state index in [1.54, 1.807) is 16.9 Å². The van der Waals surface area contributed by atoms with E-state index in [-0.39, 0.29) is 11.1 Å². The maximum atomic E-state index is 11.9. The van der Waals surface area contributed by atoms with Crippen molar-refractivity contribution in [1.29, 1.82) is 0 Å². The van der Waals surface area contributed by atoms with E-state index in [2.05, 4.69) is 20.0 Å². The van der Waals surface area contributed by atoms with Crippen molar-refractivity contribution in [2.24, 2.45) is 0 Å². The van der Waals surface area contributed by atoms with Crippen molar-refractivity contribution in [3.63, 3.8) is 0 Å². The van der Waals surface area contributed by atoms with E-state index >= 15 is 0 Å². The van der Waals surface area contributed by atoms with E-state index in [9.17, 15) is 8.42 Å². The number of anilines is 1. The smallest absolute Gasteiger partial charge is 0.266 e. The molecule has 0 aliphatic rings. The molecule has 0 saturated heterocycles. The molecule has 92 valence electrons. The first-order chi connectivity index (χ1) is 8.00. The standard InChI is InChI=1S/C9H13N5O2S/c1-7(2)14-8(3-6-11-14)13-17(15,16)9-4-5-10-12-9/h3-7,13H,1-2H3,(H,10,12). The highest BCUT2D eigenvalue weighted by Crippen LogP contribution is 2.17. The van der Waals surface area contributed by atoms with Crippen LogP contribution in [0, 0.1) is 0 Å². The molecular weight excluding hydrogens is 242 g/mol. The van der Waals surface area contributed by atoms with Gasteiger partial charge in [-0.15, -0.1) is 0 Å². The van der Waals surface area contributed by atoms with E-state index in [4.69, 9.17) is 0 Å². The molecule has 0 atom stereocenters. The number of nitrogens with zero attached hydrogens (tertiary/aromatic N) is 3. The number of rotatable bonds is 4. The van der Waals surface area contributed by atoms with E-state index in [0.717, 1.165) is 0 Å². The molecule has 2 aromatic heterocycles. The summed E-state index contributed by atoms with van der Waals surface area (Å²) < 4.78 is 27.9. The Bertz CT molecular complexity index is 585. The van der Waals surface area contributed by atoms with Gasteiger partial charge < -0.3 is 0 Å². The summed E-state index contributed by atoms with van der Waals surface area (Å²) >= 11 is 0. The highest BCUT2D eigenvalue weighted by Gasteiger charge is 2.18. The number of nitrogens with one attached hydrogen (secondary N) is 2. The predicted molar refractivity (Wildman–Crippen MR) is 62.0 cm³/mol. The Morgan fingerprint density at radius 2 is 2.12 bits per heavy atom. The minimum absolute atomic E-state index is 0.0222. The summed E-state index contributed by atoms with van der Waals surface area (Å²) in [6.07, 6.45) is 2.93. The highest BCUT2D eigenvalue weighted by atomic mass is 32.2. The maximum Gasteiger partial charge on any atom is 0.279 e. The minimum Gasteiger partial charge on any atom is -0.266 e. The van der Waals surface area contributed by atoms with Gasteiger partial charge >= 0.3 is 0 Å². The van der Waals surface area contributed by atoms with Gasteiger partial charge in [0, 0.05) is 12.1 Å². The van der Waals surface area contributed by atoms with Crippen LogP contribution in [0.15, 0.2) is 29.6 Å². The second kappa shape index (κ2) is 4.21. The first-order valence-corrected chi connectivity index (χ1v) is 6.55. The average Bonchev–Trinajstić information content (AvgIpc) is 2.85. The Balaban J connectivity index is 2.30. The molecule has 0 aliphatic carbocycles. The van der Waals surface area contributed by atoms with Crippen LogP contribution in [-0.2, 0) is 10.0 Å². The summed E-state index contributed by atoms with van der Waals surface area (Å²) in [5, 5.41) is 10.1. The molecule has 2 rings (SSSR count). The Kier molecular flexibility index (Phi) is 2.88. The van der Waals surface area contributed by atoms with Crippen molar-refractivity contribution in [3.05, 3.63) is 24.5 Å². The summed E-state index contributed by atoms with van der Waals surface area (Å²) in [4.78, 5) is 0. The van der Waals surface area contributed by atoms with Crippen LogP contribution in [0.4, 0.5) is 5.82 Å². The number of hydrogen-bond donors (Lipinski definition) is 2. The monoisotopic (exact) mass is 255 g/mol. The second-order valence-corrected chi connectivity index (χ2v) is 5.43. The van der Waals surface area contributed by atoms with Gasteiger partial charge in [0.05, 0.1) is 12.4 Å². The molecule has 0 unspecified atom stereocenters. The van der Waals surface area contributed by atoms with Crippen molar-refractivity contribution in [3.8, 4) is 0 Å². The van der Waals surface area contributed by atoms with Crippen molar-refractivity contribution in [2.75, 3.05) is 4.72 Å². The number of H-pyrrole nitrogens is 1. The van der Waals surface area contributed by atoms with E-state index in [0.29, 0.717) is 5.82 Å². The van der Waals surface area contributed by atoms with Crippen molar-refractivity contribution >= 4 is 15.8 Å². The Labute approximate surface area is 98.9 Å². The fourth-order valence-electron chi connectivity index (χ4n) is 1.39. The third-order valence-corrected chi connectivity index (χ3v) is 3.45. The van der Waals surface area contributed by atoms with E-state index in [1.807, 2.05) is 13.8 Å². The van der Waals surface area contributed by atoms with Crippen LogP contribution < -0.4 is 4.72 Å². The minimum atomic E-state index is -3.62. The van der Waals surface area contributed by atoms with Gasteiger partial charge in [-0.25, -0.2) is 4.68 Å². The number of hydrogen-bond acceptors (Lipinski definition) is 4. The molecule has 7 nitrogen and oxygen atoms in total. The molecule has 0 saturated carbocycles. The third kappa shape index (κ3) is 2.31. The lowest BCUT2D eigenvalue weighted by molar-refractivity contribution is 0.539. The van der Waals surface area contributed by atoms with Crippen LogP contribution >= 0.6 is 0 Å². The van der Waals surface area contributed by atoms with E-state index < -0.39 is 10.0 Å². The van der Waals surface area contributed by atoms with Gasteiger partial charge in [-0.1, -0.05) is 0 Å². The molecule has 17 heavy (non-hydrogen) atoms. The second-order valence-electron chi connectivity index (χ2n) is 3.78. The number of sulfonamides is 1. The lowest BCUT2D eigenvalue weighted by atomic mass is 10.4. The summed E-state index contributed by atoms with van der Waals surface area (Å²) in [5.74, 6) is 0.426. The maximum absolute atomic E-state index is 11.9. The molecule has 2 N–H and O–H groups in total. The van der Waals surface area contributed by atoms with Gasteiger partial charge in [0.2, 0.25) is 0 Å². The lowest BCUT2D eigenvalue weighted by Crippen LogP contribution is -2.17. The van der Waals surface area contributed by atoms with Gasteiger partial charge in [0.25, 0.3) is 10.0 Å². The Hall–Kier alpha value is -1.83. The van der Waals surface area contributed by atoms with Crippen LogP contribution in [0.1, 0.15) is 19.9 Å². The van der Waals surface area contributed by atoms with Crippen LogP contribution in [0.3, 0.4) is 0 Å². The van der Waals surface area contributed by atoms with Crippen LogP contribution in [0.5, 0.6) is 0 Å². The summed E-state index contributed by atoms with van der Waals surface area (Å²) in [5.41, 5.74) is 0. The van der Waals surface area contributed by atoms with Crippen molar-refractivity contribution < 1.29 is 8.42 Å². The molecule has 0 fully saturated rings. The summed E-state index contributed by atoms with van der Waals surface area (Å²) in [7, 11) is -3.62. The molecule has 2 aromatic rings.